The van der Waals surface area contributed by atoms with Crippen LogP contribution < -0.4 is 10.6 Å². The molecule has 0 radical (unpaired) electrons. The van der Waals surface area contributed by atoms with Crippen molar-refractivity contribution in [3.05, 3.63) is 29.8 Å². The first kappa shape index (κ1) is 17.7. The molecule has 1 heterocycles. The molecule has 8 heteroatoms. The van der Waals surface area contributed by atoms with Crippen molar-refractivity contribution in [3.63, 3.8) is 0 Å². The molecule has 2 N–H and O–H groups in total. The van der Waals surface area contributed by atoms with Crippen LogP contribution >= 0.6 is 23.1 Å². The lowest BCUT2D eigenvalue weighted by molar-refractivity contribution is -0.118. The van der Waals surface area contributed by atoms with Crippen LogP contribution in [0.15, 0.2) is 28.6 Å². The van der Waals surface area contributed by atoms with Gasteiger partial charge in [-0.3, -0.25) is 4.79 Å². The molecule has 1 amide bonds. The molecule has 0 unspecified atom stereocenters. The minimum atomic E-state index is -0.00523. The predicted octanol–water partition coefficient (Wildman–Crippen LogP) is 2.83. The summed E-state index contributed by atoms with van der Waals surface area (Å²) in [7, 11) is 1.65. The van der Waals surface area contributed by atoms with E-state index in [0.717, 1.165) is 21.6 Å². The van der Waals surface area contributed by atoms with E-state index in [1.54, 1.807) is 7.11 Å². The molecule has 0 saturated carbocycles. The fourth-order valence-corrected chi connectivity index (χ4v) is 3.30. The van der Waals surface area contributed by atoms with Gasteiger partial charge in [0, 0.05) is 25.9 Å². The van der Waals surface area contributed by atoms with Crippen molar-refractivity contribution >= 4 is 39.8 Å². The second kappa shape index (κ2) is 9.49. The number of nitrogens with one attached hydrogen (secondary N) is 2. The van der Waals surface area contributed by atoms with Gasteiger partial charge < -0.3 is 15.4 Å². The first-order valence-corrected chi connectivity index (χ1v) is 9.03. The highest BCUT2D eigenvalue weighted by atomic mass is 32.2. The van der Waals surface area contributed by atoms with Crippen molar-refractivity contribution in [2.45, 2.75) is 17.7 Å². The first-order valence-electron chi connectivity index (χ1n) is 7.23. The third kappa shape index (κ3) is 6.55. The highest BCUT2D eigenvalue weighted by molar-refractivity contribution is 8.01. The number of hydrogen-bond donors (Lipinski definition) is 2. The van der Waals surface area contributed by atoms with Crippen LogP contribution in [0.2, 0.25) is 0 Å². The molecule has 0 atom stereocenters. The Morgan fingerprint density at radius 1 is 1.30 bits per heavy atom. The van der Waals surface area contributed by atoms with Crippen LogP contribution in [0, 0.1) is 6.92 Å². The highest BCUT2D eigenvalue weighted by Crippen LogP contribution is 2.27. The molecule has 124 valence electrons. The van der Waals surface area contributed by atoms with E-state index in [0.29, 0.717) is 18.9 Å². The van der Waals surface area contributed by atoms with E-state index < -0.39 is 0 Å². The Balaban J connectivity index is 1.74. The number of aromatic nitrogens is 2. The lowest BCUT2D eigenvalue weighted by Gasteiger charge is -2.03. The number of amides is 1. The van der Waals surface area contributed by atoms with E-state index in [2.05, 4.69) is 20.8 Å². The van der Waals surface area contributed by atoms with Crippen LogP contribution in [0.5, 0.6) is 0 Å². The number of rotatable bonds is 9. The molecule has 0 fully saturated rings. The van der Waals surface area contributed by atoms with Crippen molar-refractivity contribution in [1.82, 2.24) is 15.5 Å². The van der Waals surface area contributed by atoms with Crippen molar-refractivity contribution in [3.8, 4) is 0 Å². The van der Waals surface area contributed by atoms with E-state index in [9.17, 15) is 4.79 Å². The van der Waals surface area contributed by atoms with Crippen LogP contribution in [0.3, 0.4) is 0 Å². The van der Waals surface area contributed by atoms with Gasteiger partial charge >= 0.3 is 0 Å². The maximum absolute atomic E-state index is 11.7. The largest absolute Gasteiger partial charge is 0.385 e. The van der Waals surface area contributed by atoms with Gasteiger partial charge in [0.05, 0.1) is 5.75 Å². The monoisotopic (exact) mass is 352 g/mol. The third-order valence-corrected chi connectivity index (χ3v) is 4.86. The van der Waals surface area contributed by atoms with Gasteiger partial charge in [0.25, 0.3) is 0 Å². The van der Waals surface area contributed by atoms with Gasteiger partial charge in [-0.05, 0) is 25.5 Å². The Kier molecular flexibility index (Phi) is 7.31. The first-order chi connectivity index (χ1) is 11.2. The van der Waals surface area contributed by atoms with E-state index in [1.165, 1.54) is 28.7 Å². The number of carbonyl (C=O) groups excluding carboxylic acids is 1. The van der Waals surface area contributed by atoms with Gasteiger partial charge in [-0.2, -0.15) is 0 Å². The number of ether oxygens (including phenoxy) is 1. The second-order valence-electron chi connectivity index (χ2n) is 4.85. The van der Waals surface area contributed by atoms with E-state index >= 15 is 0 Å². The van der Waals surface area contributed by atoms with Gasteiger partial charge in [0.2, 0.25) is 11.0 Å². The predicted molar refractivity (Wildman–Crippen MR) is 94.6 cm³/mol. The summed E-state index contributed by atoms with van der Waals surface area (Å²) in [6.45, 7) is 3.32. The molecule has 1 aromatic heterocycles. The zero-order valence-electron chi connectivity index (χ0n) is 13.2. The zero-order chi connectivity index (χ0) is 16.5. The van der Waals surface area contributed by atoms with Crippen LogP contribution in [-0.4, -0.2) is 42.1 Å². The number of aryl methyl sites for hydroxylation is 1. The fourth-order valence-electron chi connectivity index (χ4n) is 1.70. The summed E-state index contributed by atoms with van der Waals surface area (Å²) in [5.41, 5.74) is 2.18. The quantitative estimate of drug-likeness (QED) is 0.534. The van der Waals surface area contributed by atoms with Crippen LogP contribution in [0.25, 0.3) is 0 Å². The normalized spacial score (nSPS) is 10.5. The standard InChI is InChI=1S/C15H20N4O2S2/c1-11-4-6-12(7-5-11)17-14-18-19-15(23-14)22-10-13(20)16-8-3-9-21-2/h4-7H,3,8-10H2,1-2H3,(H,16,20)(H,17,18). The average Bonchev–Trinajstić information content (AvgIpc) is 2.99. The van der Waals surface area contributed by atoms with Gasteiger partial charge in [-0.1, -0.05) is 40.8 Å². The minimum Gasteiger partial charge on any atom is -0.385 e. The van der Waals surface area contributed by atoms with Crippen LogP contribution in [0.4, 0.5) is 10.8 Å². The number of benzene rings is 1. The molecule has 0 spiro atoms. The maximum atomic E-state index is 11.7. The zero-order valence-corrected chi connectivity index (χ0v) is 14.8. The topological polar surface area (TPSA) is 76.1 Å². The number of thioether (sulfide) groups is 1. The summed E-state index contributed by atoms with van der Waals surface area (Å²) in [6, 6.07) is 8.06. The SMILES string of the molecule is COCCCNC(=O)CSc1nnc(Nc2ccc(C)cc2)s1. The van der Waals surface area contributed by atoms with Gasteiger partial charge in [0.1, 0.15) is 0 Å². The maximum Gasteiger partial charge on any atom is 0.230 e. The van der Waals surface area contributed by atoms with Gasteiger partial charge in [-0.15, -0.1) is 10.2 Å². The lowest BCUT2D eigenvalue weighted by atomic mass is 10.2. The summed E-state index contributed by atoms with van der Waals surface area (Å²) in [6.07, 6.45) is 0.816. The van der Waals surface area contributed by atoms with Gasteiger partial charge in [-0.25, -0.2) is 0 Å². The lowest BCUT2D eigenvalue weighted by Crippen LogP contribution is -2.26. The number of anilines is 2. The Hall–Kier alpha value is -1.64. The molecular formula is C15H20N4O2S2. The molecule has 23 heavy (non-hydrogen) atoms. The van der Waals surface area contributed by atoms with Crippen LogP contribution in [0.1, 0.15) is 12.0 Å². The van der Waals surface area contributed by atoms with Gasteiger partial charge in [0.15, 0.2) is 4.34 Å². The number of methoxy groups -OCH3 is 1. The average molecular weight is 352 g/mol. The summed E-state index contributed by atoms with van der Waals surface area (Å²) in [5.74, 6) is 0.334. The summed E-state index contributed by atoms with van der Waals surface area (Å²) in [4.78, 5) is 11.7. The Bertz CT molecular complexity index is 616. The summed E-state index contributed by atoms with van der Waals surface area (Å²) < 4.78 is 5.70. The molecule has 2 aromatic rings. The van der Waals surface area contributed by atoms with Crippen molar-refractivity contribution < 1.29 is 9.53 Å². The summed E-state index contributed by atoms with van der Waals surface area (Å²) >= 11 is 2.82. The van der Waals surface area contributed by atoms with Crippen molar-refractivity contribution in [2.24, 2.45) is 0 Å². The Morgan fingerprint density at radius 2 is 2.09 bits per heavy atom. The highest BCUT2D eigenvalue weighted by Gasteiger charge is 2.08. The van der Waals surface area contributed by atoms with Crippen LogP contribution in [-0.2, 0) is 9.53 Å². The second-order valence-corrected chi connectivity index (χ2v) is 7.05. The molecule has 0 saturated heterocycles. The number of hydrogen-bond acceptors (Lipinski definition) is 7. The number of nitrogens with zero attached hydrogens (tertiary/aromatic N) is 2. The van der Waals surface area contributed by atoms with E-state index in [4.69, 9.17) is 4.74 Å². The third-order valence-electron chi connectivity index (χ3n) is 2.88. The summed E-state index contributed by atoms with van der Waals surface area (Å²) in [5, 5.41) is 14.9. The van der Waals surface area contributed by atoms with E-state index in [-0.39, 0.29) is 5.91 Å². The van der Waals surface area contributed by atoms with Crippen molar-refractivity contribution in [1.29, 1.82) is 0 Å². The van der Waals surface area contributed by atoms with Crippen molar-refractivity contribution in [2.75, 3.05) is 31.3 Å². The fraction of sp³-hybridized carbons (Fsp3) is 0.400. The Morgan fingerprint density at radius 3 is 2.83 bits per heavy atom. The smallest absolute Gasteiger partial charge is 0.230 e. The Labute approximate surface area is 144 Å². The molecule has 2 rings (SSSR count). The molecular weight excluding hydrogens is 332 g/mol. The molecule has 0 aliphatic rings. The number of carbonyl (C=O) groups is 1. The minimum absolute atomic E-state index is 0.00523. The molecule has 1 aromatic carbocycles. The molecule has 0 aliphatic heterocycles. The van der Waals surface area contributed by atoms with E-state index in [1.807, 2.05) is 31.2 Å². The molecule has 0 aliphatic carbocycles. The molecule has 6 nitrogen and oxygen atoms in total. The molecule has 0 bridgehead atoms.